The van der Waals surface area contributed by atoms with Crippen LogP contribution in [0.2, 0.25) is 0 Å². The number of halogens is 1. The molecule has 142 valence electrons. The third kappa shape index (κ3) is 7.04. The Kier molecular flexibility index (Phi) is 7.92. The van der Waals surface area contributed by atoms with Crippen LogP contribution in [0.4, 0.5) is 15.8 Å². The first-order chi connectivity index (χ1) is 12.4. The normalized spacial score (nSPS) is 15.1. The lowest BCUT2D eigenvalue weighted by Gasteiger charge is -2.07. The monoisotopic (exact) mass is 357 g/mol. The van der Waals surface area contributed by atoms with Crippen LogP contribution < -0.4 is 16.4 Å². The first-order valence-electron chi connectivity index (χ1n) is 9.57. The van der Waals surface area contributed by atoms with Crippen LogP contribution in [0.25, 0.3) is 0 Å². The summed E-state index contributed by atoms with van der Waals surface area (Å²) in [5, 5.41) is 6.75. The Morgan fingerprint density at radius 2 is 1.96 bits per heavy atom. The highest BCUT2D eigenvalue weighted by atomic mass is 19.1. The molecule has 1 atom stereocenters. The molecule has 1 unspecified atom stereocenters. The number of benzene rings is 2. The molecule has 0 spiro atoms. The topological polar surface area (TPSA) is 50.1 Å². The smallest absolute Gasteiger partial charge is 0.125 e. The first-order valence-corrected chi connectivity index (χ1v) is 9.57. The number of rotatable bonds is 6. The van der Waals surface area contributed by atoms with Crippen molar-refractivity contribution in [3.05, 3.63) is 59.4 Å². The largest absolute Gasteiger partial charge is 0.385 e. The Bertz CT molecular complexity index is 682. The average molecular weight is 358 g/mol. The molecular weight excluding hydrogens is 325 g/mol. The van der Waals surface area contributed by atoms with Crippen molar-refractivity contribution < 1.29 is 4.39 Å². The molecule has 0 fully saturated rings. The molecule has 0 bridgehead atoms. The van der Waals surface area contributed by atoms with E-state index in [1.54, 1.807) is 6.07 Å². The SMILES string of the molecule is CC(C)N.CC1Cc2cc(CCCCNc3cccc(F)c3)ccc2N1. The summed E-state index contributed by atoms with van der Waals surface area (Å²) < 4.78 is 13.1. The summed E-state index contributed by atoms with van der Waals surface area (Å²) in [5.41, 5.74) is 10.1. The second-order valence-electron chi connectivity index (χ2n) is 7.38. The van der Waals surface area contributed by atoms with Crippen molar-refractivity contribution in [2.24, 2.45) is 5.73 Å². The lowest BCUT2D eigenvalue weighted by atomic mass is 10.0. The van der Waals surface area contributed by atoms with Crippen LogP contribution in [0, 0.1) is 5.82 Å². The summed E-state index contributed by atoms with van der Waals surface area (Å²) in [4.78, 5) is 0. The van der Waals surface area contributed by atoms with Gasteiger partial charge in [0.2, 0.25) is 0 Å². The molecule has 1 aliphatic rings. The van der Waals surface area contributed by atoms with Gasteiger partial charge in [-0.05, 0) is 74.0 Å². The summed E-state index contributed by atoms with van der Waals surface area (Å²) in [6, 6.07) is 14.3. The molecule has 1 aliphatic heterocycles. The van der Waals surface area contributed by atoms with Crippen LogP contribution in [0.15, 0.2) is 42.5 Å². The van der Waals surface area contributed by atoms with Crippen molar-refractivity contribution in [2.75, 3.05) is 17.2 Å². The van der Waals surface area contributed by atoms with E-state index in [0.29, 0.717) is 12.1 Å². The highest BCUT2D eigenvalue weighted by Gasteiger charge is 2.16. The summed E-state index contributed by atoms with van der Waals surface area (Å²) in [5.74, 6) is -0.189. The number of hydrogen-bond acceptors (Lipinski definition) is 3. The maximum Gasteiger partial charge on any atom is 0.125 e. The molecule has 26 heavy (non-hydrogen) atoms. The third-order valence-electron chi connectivity index (χ3n) is 4.14. The molecule has 2 aromatic carbocycles. The van der Waals surface area contributed by atoms with E-state index in [2.05, 4.69) is 35.8 Å². The molecule has 0 amide bonds. The Labute approximate surface area is 157 Å². The minimum absolute atomic E-state index is 0.189. The molecule has 2 aromatic rings. The van der Waals surface area contributed by atoms with Crippen LogP contribution in [-0.2, 0) is 12.8 Å². The molecule has 1 heterocycles. The molecule has 3 rings (SSSR count). The van der Waals surface area contributed by atoms with E-state index < -0.39 is 0 Å². The predicted octanol–water partition coefficient (Wildman–Crippen LogP) is 4.97. The molecule has 4 heteroatoms. The second-order valence-corrected chi connectivity index (χ2v) is 7.38. The summed E-state index contributed by atoms with van der Waals surface area (Å²) in [7, 11) is 0. The predicted molar refractivity (Wildman–Crippen MR) is 110 cm³/mol. The van der Waals surface area contributed by atoms with Crippen LogP contribution in [-0.4, -0.2) is 18.6 Å². The molecule has 0 radical (unpaired) electrons. The molecule has 3 nitrogen and oxygen atoms in total. The van der Waals surface area contributed by atoms with Crippen LogP contribution in [0.1, 0.15) is 44.7 Å². The van der Waals surface area contributed by atoms with Crippen LogP contribution >= 0.6 is 0 Å². The van der Waals surface area contributed by atoms with Crippen LogP contribution in [0.5, 0.6) is 0 Å². The minimum Gasteiger partial charge on any atom is -0.385 e. The van der Waals surface area contributed by atoms with Gasteiger partial charge in [0.15, 0.2) is 0 Å². The van der Waals surface area contributed by atoms with Gasteiger partial charge in [0.1, 0.15) is 5.82 Å². The maximum absolute atomic E-state index is 13.1. The number of hydrogen-bond donors (Lipinski definition) is 3. The Hall–Kier alpha value is -2.07. The quantitative estimate of drug-likeness (QED) is 0.640. The Balaban J connectivity index is 0.000000552. The zero-order valence-electron chi connectivity index (χ0n) is 16.2. The Morgan fingerprint density at radius 1 is 1.19 bits per heavy atom. The van der Waals surface area contributed by atoms with Crippen molar-refractivity contribution in [2.45, 2.75) is 58.5 Å². The molecular formula is C22H32FN3. The lowest BCUT2D eigenvalue weighted by molar-refractivity contribution is 0.628. The van der Waals surface area contributed by atoms with Crippen molar-refractivity contribution in [3.63, 3.8) is 0 Å². The van der Waals surface area contributed by atoms with Gasteiger partial charge in [-0.1, -0.05) is 32.0 Å². The van der Waals surface area contributed by atoms with E-state index in [1.807, 2.05) is 19.9 Å². The summed E-state index contributed by atoms with van der Waals surface area (Å²) in [6.45, 7) is 6.99. The van der Waals surface area contributed by atoms with E-state index >= 15 is 0 Å². The fourth-order valence-electron chi connectivity index (χ4n) is 3.04. The number of nitrogens with two attached hydrogens (primary N) is 1. The zero-order valence-corrected chi connectivity index (χ0v) is 16.2. The van der Waals surface area contributed by atoms with Crippen molar-refractivity contribution in [1.29, 1.82) is 0 Å². The third-order valence-corrected chi connectivity index (χ3v) is 4.14. The summed E-state index contributed by atoms with van der Waals surface area (Å²) >= 11 is 0. The van der Waals surface area contributed by atoms with Gasteiger partial charge in [0.05, 0.1) is 0 Å². The molecule has 0 aromatic heterocycles. The first kappa shape index (κ1) is 20.2. The van der Waals surface area contributed by atoms with Crippen molar-refractivity contribution >= 4 is 11.4 Å². The maximum atomic E-state index is 13.1. The fourth-order valence-corrected chi connectivity index (χ4v) is 3.04. The molecule has 0 aliphatic carbocycles. The van der Waals surface area contributed by atoms with E-state index in [4.69, 9.17) is 5.73 Å². The van der Waals surface area contributed by atoms with E-state index in [0.717, 1.165) is 37.9 Å². The Morgan fingerprint density at radius 3 is 2.69 bits per heavy atom. The minimum atomic E-state index is -0.189. The summed E-state index contributed by atoms with van der Waals surface area (Å²) in [6.07, 6.45) is 4.46. The number of unbranched alkanes of at least 4 members (excludes halogenated alkanes) is 1. The van der Waals surface area contributed by atoms with Gasteiger partial charge in [0, 0.05) is 24.0 Å². The average Bonchev–Trinajstić information content (AvgIpc) is 2.93. The van der Waals surface area contributed by atoms with Gasteiger partial charge in [-0.2, -0.15) is 0 Å². The standard InChI is InChI=1S/C19H23FN2.C3H9N/c1-14-11-16-12-15(8-9-19(16)22-14)5-2-3-10-21-18-7-4-6-17(20)13-18;1-3(2)4/h4,6-9,12-14,21-22H,2-3,5,10-11H2,1H3;3H,4H2,1-2H3. The number of aryl methyl sites for hydroxylation is 1. The van der Waals surface area contributed by atoms with Crippen molar-refractivity contribution in [3.8, 4) is 0 Å². The zero-order chi connectivity index (χ0) is 18.9. The highest BCUT2D eigenvalue weighted by Crippen LogP contribution is 2.27. The number of fused-ring (bicyclic) bond motifs is 1. The fraction of sp³-hybridized carbons (Fsp3) is 0.455. The van der Waals surface area contributed by atoms with Gasteiger partial charge in [-0.3, -0.25) is 0 Å². The van der Waals surface area contributed by atoms with Crippen LogP contribution in [0.3, 0.4) is 0 Å². The van der Waals surface area contributed by atoms with Gasteiger partial charge < -0.3 is 16.4 Å². The van der Waals surface area contributed by atoms with E-state index in [-0.39, 0.29) is 5.82 Å². The lowest BCUT2D eigenvalue weighted by Crippen LogP contribution is -2.08. The number of nitrogens with one attached hydrogen (secondary N) is 2. The molecule has 0 saturated heterocycles. The van der Waals surface area contributed by atoms with Gasteiger partial charge in [0.25, 0.3) is 0 Å². The molecule has 4 N–H and O–H groups in total. The van der Waals surface area contributed by atoms with Gasteiger partial charge in [-0.25, -0.2) is 4.39 Å². The molecule has 0 saturated carbocycles. The second kappa shape index (κ2) is 10.2. The van der Waals surface area contributed by atoms with Gasteiger partial charge >= 0.3 is 0 Å². The number of anilines is 2. The van der Waals surface area contributed by atoms with Gasteiger partial charge in [-0.15, -0.1) is 0 Å². The van der Waals surface area contributed by atoms with Crippen molar-refractivity contribution in [1.82, 2.24) is 0 Å². The highest BCUT2D eigenvalue weighted by molar-refractivity contribution is 5.57. The van der Waals surface area contributed by atoms with E-state index in [9.17, 15) is 4.39 Å². The van der Waals surface area contributed by atoms with E-state index in [1.165, 1.54) is 28.9 Å².